The zero-order valence-corrected chi connectivity index (χ0v) is 27.6. The molecule has 0 unspecified atom stereocenters. The molecule has 2 saturated heterocycles. The highest BCUT2D eigenvalue weighted by Gasteiger charge is 2.47. The number of benzene rings is 1. The molecule has 2 aliphatic rings. The number of halogens is 2. The number of rotatable bonds is 14. The molecule has 0 aliphatic carbocycles. The molecule has 2 fully saturated rings. The van der Waals surface area contributed by atoms with Crippen LogP contribution in [-0.4, -0.2) is 114 Å². The number of fused-ring (bicyclic) bond motifs is 1. The quantitative estimate of drug-likeness (QED) is 0.203. The smallest absolute Gasteiger partial charge is 0.268 e. The fourth-order valence-electron chi connectivity index (χ4n) is 6.02. The van der Waals surface area contributed by atoms with Gasteiger partial charge in [-0.2, -0.15) is 5.26 Å². The Morgan fingerprint density at radius 3 is 2.61 bits per heavy atom. The van der Waals surface area contributed by atoms with Gasteiger partial charge in [-0.3, -0.25) is 33.9 Å². The fraction of sp³-hybridized carbons (Fsp3) is 0.412. The predicted octanol–water partition coefficient (Wildman–Crippen LogP) is 0.967. The average molecular weight is 707 g/mol. The van der Waals surface area contributed by atoms with E-state index in [4.69, 9.17) is 14.7 Å². The minimum Gasteiger partial charge on any atom is -0.484 e. The van der Waals surface area contributed by atoms with Crippen LogP contribution < -0.4 is 20.7 Å². The summed E-state index contributed by atoms with van der Waals surface area (Å²) in [6.45, 7) is -0.952. The first-order valence-corrected chi connectivity index (χ1v) is 16.1. The molecule has 0 saturated carbocycles. The van der Waals surface area contributed by atoms with E-state index in [2.05, 4.69) is 25.9 Å². The van der Waals surface area contributed by atoms with Gasteiger partial charge in [0.2, 0.25) is 17.7 Å². The molecule has 0 radical (unpaired) electrons. The van der Waals surface area contributed by atoms with Gasteiger partial charge in [0.1, 0.15) is 11.8 Å². The summed E-state index contributed by atoms with van der Waals surface area (Å²) in [6, 6.07) is 9.70. The van der Waals surface area contributed by atoms with Crippen LogP contribution in [0.15, 0.2) is 55.0 Å². The van der Waals surface area contributed by atoms with Gasteiger partial charge in [-0.15, -0.1) is 0 Å². The molecule has 15 nitrogen and oxygen atoms in total. The molecule has 3 atom stereocenters. The van der Waals surface area contributed by atoms with E-state index >= 15 is 0 Å². The molecule has 1 aromatic carbocycles. The first kappa shape index (κ1) is 36.5. The topological polar surface area (TPSA) is 196 Å². The summed E-state index contributed by atoms with van der Waals surface area (Å²) >= 11 is 0. The lowest BCUT2D eigenvalue weighted by molar-refractivity contribution is -0.131. The van der Waals surface area contributed by atoms with E-state index < -0.39 is 61.2 Å². The van der Waals surface area contributed by atoms with Crippen molar-refractivity contribution in [1.82, 2.24) is 35.7 Å². The summed E-state index contributed by atoms with van der Waals surface area (Å²) in [6.07, 6.45) is 4.01. The van der Waals surface area contributed by atoms with Crippen LogP contribution in [0.1, 0.15) is 34.8 Å². The lowest BCUT2D eigenvalue weighted by Gasteiger charge is -2.24. The normalized spacial score (nSPS) is 19.4. The van der Waals surface area contributed by atoms with Crippen molar-refractivity contribution in [2.75, 3.05) is 53.0 Å². The molecule has 268 valence electrons. The molecule has 0 bridgehead atoms. The van der Waals surface area contributed by atoms with Crippen LogP contribution in [0, 0.1) is 17.2 Å². The highest BCUT2D eigenvalue weighted by Crippen LogP contribution is 2.36. The molecule has 5 rings (SSSR count). The number of hydrogen-bond donors (Lipinski definition) is 3. The number of aromatic nitrogens is 2. The zero-order chi connectivity index (χ0) is 36.5. The third-order valence-electron chi connectivity index (χ3n) is 8.53. The lowest BCUT2D eigenvalue weighted by atomic mass is 9.94. The minimum atomic E-state index is -3.16. The molecule has 2 aliphatic heterocycles. The number of carbonyl (C=O) groups excluding carboxylic acids is 5. The van der Waals surface area contributed by atoms with Gasteiger partial charge in [0.15, 0.2) is 6.61 Å². The van der Waals surface area contributed by atoms with Crippen molar-refractivity contribution >= 4 is 40.4 Å². The van der Waals surface area contributed by atoms with Gasteiger partial charge in [0.25, 0.3) is 17.7 Å². The van der Waals surface area contributed by atoms with Crippen molar-refractivity contribution in [2.24, 2.45) is 5.92 Å². The maximum atomic E-state index is 13.7. The molecule has 51 heavy (non-hydrogen) atoms. The standard InChI is InChI=1S/C34H36F2N8O7/c1-43-29(46)14-26(31(43)21-3-2-7-38-17-21)33(49)41-10-12-50-11-9-40-28(45)19-51-23-4-5-24-25(6-8-39-27(24)13-23)32(48)42-18-30(47)44-20-34(35,36)15-22(44)16-37/h2-8,13,17,22,26,31H,9-12,14-15,18-20H2,1H3,(H,40,45)(H,41,49)(H,42,48)/t22-,26-,31+/m0/s1. The van der Waals surface area contributed by atoms with Gasteiger partial charge in [0.05, 0.1) is 55.4 Å². The van der Waals surface area contributed by atoms with Crippen molar-refractivity contribution in [2.45, 2.75) is 30.8 Å². The van der Waals surface area contributed by atoms with Crippen LogP contribution in [-0.2, 0) is 23.9 Å². The van der Waals surface area contributed by atoms with E-state index in [1.807, 2.05) is 6.07 Å². The number of nitrogens with zero attached hydrogens (tertiary/aromatic N) is 5. The number of amides is 5. The van der Waals surface area contributed by atoms with Gasteiger partial charge < -0.3 is 35.2 Å². The zero-order valence-electron chi connectivity index (χ0n) is 27.6. The van der Waals surface area contributed by atoms with E-state index in [-0.39, 0.29) is 56.7 Å². The van der Waals surface area contributed by atoms with Crippen molar-refractivity contribution < 1.29 is 42.2 Å². The molecular weight excluding hydrogens is 670 g/mol. The maximum absolute atomic E-state index is 13.7. The second kappa shape index (κ2) is 16.3. The summed E-state index contributed by atoms with van der Waals surface area (Å²) in [5.74, 6) is -5.62. The Morgan fingerprint density at radius 1 is 1.08 bits per heavy atom. The maximum Gasteiger partial charge on any atom is 0.268 e. The van der Waals surface area contributed by atoms with Crippen molar-refractivity contribution in [3.8, 4) is 11.8 Å². The molecule has 3 aromatic rings. The summed E-state index contributed by atoms with van der Waals surface area (Å²) < 4.78 is 38.5. The van der Waals surface area contributed by atoms with Crippen LogP contribution in [0.25, 0.3) is 10.9 Å². The molecule has 2 aromatic heterocycles. The van der Waals surface area contributed by atoms with Crippen LogP contribution in [0.5, 0.6) is 5.75 Å². The van der Waals surface area contributed by atoms with E-state index in [1.165, 1.54) is 18.3 Å². The van der Waals surface area contributed by atoms with E-state index in [0.29, 0.717) is 16.7 Å². The summed E-state index contributed by atoms with van der Waals surface area (Å²) in [5, 5.41) is 17.4. The van der Waals surface area contributed by atoms with Crippen LogP contribution in [0.3, 0.4) is 0 Å². The Morgan fingerprint density at radius 2 is 1.86 bits per heavy atom. The SMILES string of the molecule is CN1C(=O)C[C@H](C(=O)NCCOCCNC(=O)COc2ccc3c(C(=O)NCC(=O)N4CC(F)(F)C[C@H]4C#N)ccnc3c2)[C@H]1c1cccnc1. The average Bonchev–Trinajstić information content (AvgIpc) is 3.62. The van der Waals surface area contributed by atoms with Crippen LogP contribution in [0.2, 0.25) is 0 Å². The summed E-state index contributed by atoms with van der Waals surface area (Å²) in [7, 11) is 1.67. The van der Waals surface area contributed by atoms with Crippen LogP contribution >= 0.6 is 0 Å². The van der Waals surface area contributed by atoms with Gasteiger partial charge in [-0.25, -0.2) is 8.78 Å². The highest BCUT2D eigenvalue weighted by molar-refractivity contribution is 6.07. The number of pyridine rings is 2. The van der Waals surface area contributed by atoms with E-state index in [9.17, 15) is 32.8 Å². The Bertz CT molecular complexity index is 1820. The highest BCUT2D eigenvalue weighted by atomic mass is 19.3. The molecule has 17 heteroatoms. The summed E-state index contributed by atoms with van der Waals surface area (Å²) in [4.78, 5) is 73.4. The van der Waals surface area contributed by atoms with Crippen molar-refractivity contribution in [3.05, 3.63) is 66.1 Å². The molecule has 3 N–H and O–H groups in total. The number of ether oxygens (including phenoxy) is 2. The number of alkyl halides is 2. The second-order valence-corrected chi connectivity index (χ2v) is 12.0. The lowest BCUT2D eigenvalue weighted by Crippen LogP contribution is -2.43. The molecular formula is C34H36F2N8O7. The number of nitrogens with one attached hydrogen (secondary N) is 3. The predicted molar refractivity (Wildman–Crippen MR) is 175 cm³/mol. The number of nitriles is 1. The minimum absolute atomic E-state index is 0.105. The third kappa shape index (κ3) is 9.08. The number of hydrogen-bond acceptors (Lipinski definition) is 10. The number of carbonyl (C=O) groups is 5. The summed E-state index contributed by atoms with van der Waals surface area (Å²) in [5.41, 5.74) is 1.33. The monoisotopic (exact) mass is 706 g/mol. The molecule has 5 amide bonds. The largest absolute Gasteiger partial charge is 0.484 e. The third-order valence-corrected chi connectivity index (χ3v) is 8.53. The molecule has 4 heterocycles. The Kier molecular flexibility index (Phi) is 11.7. The van der Waals surface area contributed by atoms with Gasteiger partial charge >= 0.3 is 0 Å². The van der Waals surface area contributed by atoms with Gasteiger partial charge in [0, 0.05) is 63.0 Å². The Hall–Kier alpha value is -5.76. The van der Waals surface area contributed by atoms with Gasteiger partial charge in [-0.05, 0) is 29.8 Å². The van der Waals surface area contributed by atoms with Crippen molar-refractivity contribution in [1.29, 1.82) is 5.26 Å². The fourth-order valence-corrected chi connectivity index (χ4v) is 6.02. The van der Waals surface area contributed by atoms with Crippen molar-refractivity contribution in [3.63, 3.8) is 0 Å². The first-order valence-electron chi connectivity index (χ1n) is 16.1. The Labute approximate surface area is 291 Å². The van der Waals surface area contributed by atoms with E-state index in [1.54, 1.807) is 48.6 Å². The first-order chi connectivity index (χ1) is 24.5. The van der Waals surface area contributed by atoms with E-state index in [0.717, 1.165) is 10.5 Å². The Balaban J connectivity index is 0.998. The number of likely N-dealkylation sites (tertiary alicyclic amines) is 2. The van der Waals surface area contributed by atoms with Crippen LogP contribution in [0.4, 0.5) is 8.78 Å². The van der Waals surface area contributed by atoms with Gasteiger partial charge in [-0.1, -0.05) is 6.07 Å². The second-order valence-electron chi connectivity index (χ2n) is 12.0. The molecule has 0 spiro atoms.